The third-order valence-electron chi connectivity index (χ3n) is 5.61. The lowest BCUT2D eigenvalue weighted by Gasteiger charge is -2.33. The van der Waals surface area contributed by atoms with E-state index < -0.39 is 30.1 Å². The molecular formula is C25H27F2NO5. The SMILES string of the molecule is Cc1cc(C)cc(C(F)(F)[C@H](O)/C=C/[C@H]2CCOC(=O)N2CCc2ccc(C(=O)O)cc2)c1. The van der Waals surface area contributed by atoms with Gasteiger partial charge in [0.2, 0.25) is 0 Å². The molecule has 1 aliphatic heterocycles. The van der Waals surface area contributed by atoms with E-state index in [9.17, 15) is 23.5 Å². The smallest absolute Gasteiger partial charge is 0.410 e. The van der Waals surface area contributed by atoms with Gasteiger partial charge in [0.1, 0.15) is 6.10 Å². The zero-order valence-corrected chi connectivity index (χ0v) is 18.5. The number of carboxylic acid groups (broad SMARTS) is 1. The molecule has 0 aromatic heterocycles. The molecule has 6 nitrogen and oxygen atoms in total. The number of amides is 1. The zero-order chi connectivity index (χ0) is 24.2. The van der Waals surface area contributed by atoms with E-state index in [1.165, 1.54) is 35.2 Å². The topological polar surface area (TPSA) is 87.1 Å². The van der Waals surface area contributed by atoms with E-state index in [0.29, 0.717) is 24.0 Å². The Hall–Kier alpha value is -3.26. The quantitative estimate of drug-likeness (QED) is 0.569. The maximum Gasteiger partial charge on any atom is 0.410 e. The van der Waals surface area contributed by atoms with Crippen molar-refractivity contribution in [1.82, 2.24) is 4.90 Å². The molecular weight excluding hydrogens is 432 g/mol. The largest absolute Gasteiger partial charge is 0.478 e. The van der Waals surface area contributed by atoms with Crippen molar-refractivity contribution in [3.63, 3.8) is 0 Å². The van der Waals surface area contributed by atoms with Gasteiger partial charge in [0.05, 0.1) is 18.2 Å². The van der Waals surface area contributed by atoms with Crippen LogP contribution in [0.25, 0.3) is 0 Å². The van der Waals surface area contributed by atoms with Crippen LogP contribution in [0.3, 0.4) is 0 Å². The van der Waals surface area contributed by atoms with Gasteiger partial charge in [-0.3, -0.25) is 0 Å². The van der Waals surface area contributed by atoms with E-state index in [1.54, 1.807) is 32.0 Å². The van der Waals surface area contributed by atoms with Gasteiger partial charge >= 0.3 is 18.0 Å². The molecule has 8 heteroatoms. The highest BCUT2D eigenvalue weighted by Gasteiger charge is 2.39. The van der Waals surface area contributed by atoms with Crippen molar-refractivity contribution in [2.45, 2.75) is 44.8 Å². The molecule has 0 saturated carbocycles. The molecule has 1 heterocycles. The van der Waals surface area contributed by atoms with Crippen LogP contribution in [0.2, 0.25) is 0 Å². The van der Waals surface area contributed by atoms with E-state index in [1.807, 2.05) is 0 Å². The molecule has 2 aromatic carbocycles. The normalized spacial score (nSPS) is 17.8. The third-order valence-corrected chi connectivity index (χ3v) is 5.61. The van der Waals surface area contributed by atoms with E-state index in [4.69, 9.17) is 9.84 Å². The maximum atomic E-state index is 14.8. The number of hydrogen-bond acceptors (Lipinski definition) is 4. The number of halogens is 2. The summed E-state index contributed by atoms with van der Waals surface area (Å²) in [6.45, 7) is 3.84. The Kier molecular flexibility index (Phi) is 7.48. The molecule has 3 rings (SSSR count). The highest BCUT2D eigenvalue weighted by Crippen LogP contribution is 2.34. The van der Waals surface area contributed by atoms with Crippen molar-refractivity contribution < 1.29 is 33.3 Å². The first-order chi connectivity index (χ1) is 15.6. The fraction of sp³-hybridized carbons (Fsp3) is 0.360. The lowest BCUT2D eigenvalue weighted by molar-refractivity contribution is -0.0930. The lowest BCUT2D eigenvalue weighted by atomic mass is 9.97. The predicted octanol–water partition coefficient (Wildman–Crippen LogP) is 4.46. The van der Waals surface area contributed by atoms with Crippen molar-refractivity contribution in [1.29, 1.82) is 0 Å². The first kappa shape index (κ1) is 24.4. The Labute approximate surface area is 191 Å². The number of carbonyl (C=O) groups excluding carboxylic acids is 1. The standard InChI is InChI=1S/C25H27F2NO5/c1-16-13-17(2)15-20(14-16)25(26,27)22(29)8-7-21-10-12-33-24(32)28(21)11-9-18-3-5-19(6-4-18)23(30)31/h3-8,13-15,21-22,29H,9-12H2,1-2H3,(H,30,31)/b8-7+/t21-,22+/m0/s1. The van der Waals surface area contributed by atoms with Crippen LogP contribution in [-0.2, 0) is 17.1 Å². The molecule has 0 unspecified atom stereocenters. The second-order valence-electron chi connectivity index (χ2n) is 8.24. The number of aromatic carboxylic acids is 1. The number of aliphatic hydroxyl groups excluding tert-OH is 1. The number of aliphatic hydroxyl groups is 1. The number of hydrogen-bond donors (Lipinski definition) is 2. The number of benzene rings is 2. The molecule has 1 aliphatic rings. The van der Waals surface area contributed by atoms with Crippen LogP contribution in [0.5, 0.6) is 0 Å². The lowest BCUT2D eigenvalue weighted by Crippen LogP contribution is -2.45. The number of carboxylic acids is 1. The Morgan fingerprint density at radius 2 is 1.85 bits per heavy atom. The number of nitrogens with zero attached hydrogens (tertiary/aromatic N) is 1. The van der Waals surface area contributed by atoms with Gasteiger partial charge in [-0.25, -0.2) is 9.59 Å². The van der Waals surface area contributed by atoms with Gasteiger partial charge in [0.25, 0.3) is 0 Å². The summed E-state index contributed by atoms with van der Waals surface area (Å²) in [5, 5.41) is 19.2. The van der Waals surface area contributed by atoms with Gasteiger partial charge in [-0.2, -0.15) is 8.78 Å². The second kappa shape index (κ2) is 10.1. The third kappa shape index (κ3) is 5.96. The fourth-order valence-corrected chi connectivity index (χ4v) is 3.85. The van der Waals surface area contributed by atoms with Crippen LogP contribution in [0.1, 0.15) is 39.0 Å². The molecule has 2 aromatic rings. The molecule has 1 saturated heterocycles. The first-order valence-electron chi connectivity index (χ1n) is 10.7. The summed E-state index contributed by atoms with van der Waals surface area (Å²) in [5.41, 5.74) is 2.08. The Bertz CT molecular complexity index is 1020. The monoisotopic (exact) mass is 459 g/mol. The van der Waals surface area contributed by atoms with E-state index >= 15 is 0 Å². The molecule has 1 amide bonds. The summed E-state index contributed by atoms with van der Waals surface area (Å²) in [5.74, 6) is -4.51. The van der Waals surface area contributed by atoms with Gasteiger partial charge in [-0.15, -0.1) is 0 Å². The molecule has 0 radical (unpaired) electrons. The van der Waals surface area contributed by atoms with Crippen LogP contribution in [0, 0.1) is 13.8 Å². The van der Waals surface area contributed by atoms with Crippen molar-refractivity contribution in [2.24, 2.45) is 0 Å². The van der Waals surface area contributed by atoms with Crippen LogP contribution in [-0.4, -0.2) is 52.5 Å². The summed E-state index contributed by atoms with van der Waals surface area (Å²) >= 11 is 0. The molecule has 1 fully saturated rings. The fourth-order valence-electron chi connectivity index (χ4n) is 3.85. The van der Waals surface area contributed by atoms with Crippen LogP contribution >= 0.6 is 0 Å². The Balaban J connectivity index is 1.70. The van der Waals surface area contributed by atoms with E-state index in [2.05, 4.69) is 0 Å². The van der Waals surface area contributed by atoms with Gasteiger partial charge in [-0.1, -0.05) is 41.5 Å². The number of ether oxygens (including phenoxy) is 1. The second-order valence-corrected chi connectivity index (χ2v) is 8.24. The minimum absolute atomic E-state index is 0.154. The van der Waals surface area contributed by atoms with Gasteiger partial charge < -0.3 is 19.8 Å². The highest BCUT2D eigenvalue weighted by molar-refractivity contribution is 5.87. The van der Waals surface area contributed by atoms with Crippen molar-refractivity contribution in [3.8, 4) is 0 Å². The molecule has 0 aliphatic carbocycles. The summed E-state index contributed by atoms with van der Waals surface area (Å²) in [4.78, 5) is 24.7. The number of aryl methyl sites for hydroxylation is 2. The van der Waals surface area contributed by atoms with Crippen molar-refractivity contribution in [3.05, 3.63) is 82.4 Å². The Morgan fingerprint density at radius 1 is 1.21 bits per heavy atom. The average molecular weight is 459 g/mol. The molecule has 2 atom stereocenters. The maximum absolute atomic E-state index is 14.8. The number of cyclic esters (lactones) is 1. The van der Waals surface area contributed by atoms with Crippen LogP contribution in [0.4, 0.5) is 13.6 Å². The summed E-state index contributed by atoms with van der Waals surface area (Å²) in [6.07, 6.45) is 0.684. The number of rotatable bonds is 8. The zero-order valence-electron chi connectivity index (χ0n) is 18.5. The molecule has 33 heavy (non-hydrogen) atoms. The molecule has 0 bridgehead atoms. The number of carbonyl (C=O) groups is 2. The van der Waals surface area contributed by atoms with Crippen LogP contribution in [0.15, 0.2) is 54.6 Å². The summed E-state index contributed by atoms with van der Waals surface area (Å²) < 4.78 is 34.8. The van der Waals surface area contributed by atoms with Crippen molar-refractivity contribution in [2.75, 3.05) is 13.2 Å². The molecule has 2 N–H and O–H groups in total. The molecule has 0 spiro atoms. The minimum Gasteiger partial charge on any atom is -0.478 e. The average Bonchev–Trinajstić information content (AvgIpc) is 2.76. The first-order valence-corrected chi connectivity index (χ1v) is 10.7. The van der Waals surface area contributed by atoms with Gasteiger partial charge in [-0.05, 0) is 50.1 Å². The summed E-state index contributed by atoms with van der Waals surface area (Å²) in [6, 6.07) is 10.3. The van der Waals surface area contributed by atoms with E-state index in [-0.39, 0.29) is 24.3 Å². The van der Waals surface area contributed by atoms with E-state index in [0.717, 1.165) is 11.6 Å². The van der Waals surface area contributed by atoms with Crippen molar-refractivity contribution >= 4 is 12.1 Å². The Morgan fingerprint density at radius 3 is 2.45 bits per heavy atom. The van der Waals surface area contributed by atoms with Gasteiger partial charge in [0.15, 0.2) is 0 Å². The summed E-state index contributed by atoms with van der Waals surface area (Å²) in [7, 11) is 0. The molecule has 176 valence electrons. The van der Waals surface area contributed by atoms with Gasteiger partial charge in [0, 0.05) is 18.5 Å². The minimum atomic E-state index is -3.49. The van der Waals surface area contributed by atoms with Crippen LogP contribution < -0.4 is 0 Å². The highest BCUT2D eigenvalue weighted by atomic mass is 19.3. The number of alkyl halides is 2. The predicted molar refractivity (Wildman–Crippen MR) is 119 cm³/mol.